The molecule has 0 aromatic rings. The van der Waals surface area contributed by atoms with Gasteiger partial charge in [0.25, 0.3) is 0 Å². The fourth-order valence-corrected chi connectivity index (χ4v) is 0.282. The molecule has 0 aliphatic carbocycles. The predicted octanol–water partition coefficient (Wildman–Crippen LogP) is 1.28. The molecule has 0 spiro atoms. The quantitative estimate of drug-likeness (QED) is 0.414. The lowest BCUT2D eigenvalue weighted by Crippen LogP contribution is -1.72. The van der Waals surface area contributed by atoms with Crippen LogP contribution in [0.25, 0.3) is 0 Å². The Balaban J connectivity index is 2.60. The summed E-state index contributed by atoms with van der Waals surface area (Å²) in [6, 6.07) is 0. The summed E-state index contributed by atoms with van der Waals surface area (Å²) in [5, 5.41) is 8.08. The van der Waals surface area contributed by atoms with Gasteiger partial charge in [0.15, 0.2) is 0 Å². The number of hydrogen-bond donors (Lipinski definition) is 1. The lowest BCUT2D eigenvalue weighted by molar-refractivity contribution is 0.371. The molecule has 1 N–H and O–H groups in total. The molecule has 0 rings (SSSR count). The summed E-state index contributed by atoms with van der Waals surface area (Å²) < 4.78 is 0. The minimum absolute atomic E-state index is 0.650. The SMILES string of the molecule is [C]#CCCC[CH]O. The van der Waals surface area contributed by atoms with Crippen LogP contribution in [-0.4, -0.2) is 5.11 Å². The van der Waals surface area contributed by atoms with Gasteiger partial charge in [-0.05, 0) is 19.3 Å². The van der Waals surface area contributed by atoms with Crippen molar-refractivity contribution in [2.45, 2.75) is 19.3 Å². The van der Waals surface area contributed by atoms with Crippen LogP contribution in [0.15, 0.2) is 0 Å². The third-order valence-corrected chi connectivity index (χ3v) is 0.635. The Morgan fingerprint density at radius 1 is 1.71 bits per heavy atom. The van der Waals surface area contributed by atoms with Crippen molar-refractivity contribution < 1.29 is 5.11 Å². The van der Waals surface area contributed by atoms with Crippen LogP contribution in [0.4, 0.5) is 0 Å². The van der Waals surface area contributed by atoms with E-state index < -0.39 is 0 Å². The van der Waals surface area contributed by atoms with Crippen LogP contribution in [0.1, 0.15) is 19.3 Å². The molecule has 0 aromatic carbocycles. The van der Waals surface area contributed by atoms with E-state index in [-0.39, 0.29) is 0 Å². The lowest BCUT2D eigenvalue weighted by Gasteiger charge is -1.84. The van der Waals surface area contributed by atoms with Crippen molar-refractivity contribution in [1.29, 1.82) is 0 Å². The minimum Gasteiger partial charge on any atom is -0.390 e. The smallest absolute Gasteiger partial charge is 0.0799 e. The molecule has 0 unspecified atom stereocenters. The number of rotatable bonds is 3. The highest BCUT2D eigenvalue weighted by Crippen LogP contribution is 1.92. The van der Waals surface area contributed by atoms with E-state index in [4.69, 9.17) is 11.5 Å². The molecule has 0 aliphatic rings. The molecule has 0 aliphatic heterocycles. The van der Waals surface area contributed by atoms with Gasteiger partial charge in [-0.1, -0.05) is 5.92 Å². The van der Waals surface area contributed by atoms with Crippen molar-refractivity contribution in [1.82, 2.24) is 0 Å². The zero-order valence-corrected chi connectivity index (χ0v) is 4.15. The van der Waals surface area contributed by atoms with Crippen molar-refractivity contribution >= 4 is 0 Å². The second-order valence-electron chi connectivity index (χ2n) is 1.25. The summed E-state index contributed by atoms with van der Waals surface area (Å²) in [5.41, 5.74) is 0. The zero-order chi connectivity index (χ0) is 5.54. The van der Waals surface area contributed by atoms with Crippen LogP contribution < -0.4 is 0 Å². The molecule has 2 radical (unpaired) electrons. The molecule has 0 atom stereocenters. The zero-order valence-electron chi connectivity index (χ0n) is 4.15. The summed E-state index contributed by atoms with van der Waals surface area (Å²) in [6.45, 7) is 1.11. The molecule has 0 aromatic heterocycles. The van der Waals surface area contributed by atoms with Gasteiger partial charge in [-0.3, -0.25) is 0 Å². The van der Waals surface area contributed by atoms with Gasteiger partial charge in [0.2, 0.25) is 0 Å². The topological polar surface area (TPSA) is 20.2 Å². The van der Waals surface area contributed by atoms with Crippen LogP contribution in [0.5, 0.6) is 0 Å². The van der Waals surface area contributed by atoms with Gasteiger partial charge in [0, 0.05) is 6.42 Å². The highest BCUT2D eigenvalue weighted by atomic mass is 16.2. The number of hydrogen-bond acceptors (Lipinski definition) is 1. The van der Waals surface area contributed by atoms with Crippen molar-refractivity contribution in [3.63, 3.8) is 0 Å². The minimum atomic E-state index is 0.650. The van der Waals surface area contributed by atoms with E-state index in [0.29, 0.717) is 12.8 Å². The predicted molar refractivity (Wildman–Crippen MR) is 27.2 cm³/mol. The first-order valence-corrected chi connectivity index (χ1v) is 2.27. The maximum atomic E-state index is 8.08. The van der Waals surface area contributed by atoms with E-state index >= 15 is 0 Å². The molecule has 0 saturated carbocycles. The van der Waals surface area contributed by atoms with E-state index in [9.17, 15) is 0 Å². The summed E-state index contributed by atoms with van der Waals surface area (Å²) in [6.07, 6.45) is 8.59. The Morgan fingerprint density at radius 3 is 2.86 bits per heavy atom. The van der Waals surface area contributed by atoms with Crippen LogP contribution in [0, 0.1) is 19.0 Å². The van der Waals surface area contributed by atoms with Gasteiger partial charge >= 0.3 is 0 Å². The van der Waals surface area contributed by atoms with Gasteiger partial charge in [-0.15, -0.1) is 0 Å². The molecule has 0 saturated heterocycles. The molecule has 7 heavy (non-hydrogen) atoms. The molecular weight excluding hydrogens is 88.1 g/mol. The largest absolute Gasteiger partial charge is 0.390 e. The fourth-order valence-electron chi connectivity index (χ4n) is 0.282. The van der Waals surface area contributed by atoms with E-state index in [1.165, 1.54) is 0 Å². The van der Waals surface area contributed by atoms with Crippen molar-refractivity contribution in [2.75, 3.05) is 0 Å². The average Bonchev–Trinajstić information content (AvgIpc) is 1.69. The molecule has 1 nitrogen and oxygen atoms in total. The van der Waals surface area contributed by atoms with E-state index in [1.807, 2.05) is 0 Å². The van der Waals surface area contributed by atoms with Gasteiger partial charge < -0.3 is 5.11 Å². The monoisotopic (exact) mass is 96.1 g/mol. The van der Waals surface area contributed by atoms with Gasteiger partial charge in [-0.2, -0.15) is 0 Å². The summed E-state index contributed by atoms with van der Waals surface area (Å²) in [7, 11) is 0. The Hall–Kier alpha value is -0.480. The average molecular weight is 96.1 g/mol. The van der Waals surface area contributed by atoms with E-state index in [0.717, 1.165) is 13.0 Å². The molecule has 0 amide bonds. The third-order valence-electron chi connectivity index (χ3n) is 0.635. The normalized spacial score (nSPS) is 8.00. The maximum absolute atomic E-state index is 8.08. The van der Waals surface area contributed by atoms with Crippen molar-refractivity contribution in [3.05, 3.63) is 13.0 Å². The summed E-state index contributed by atoms with van der Waals surface area (Å²) in [4.78, 5) is 0. The Kier molecular flexibility index (Phi) is 5.14. The van der Waals surface area contributed by atoms with Crippen LogP contribution in [0.3, 0.4) is 0 Å². The first-order chi connectivity index (χ1) is 3.41. The standard InChI is InChI=1S/C6H8O/c1-2-3-4-5-6-7/h6-7H,3-5H2. The first-order valence-electron chi connectivity index (χ1n) is 2.27. The van der Waals surface area contributed by atoms with Crippen LogP contribution in [-0.2, 0) is 0 Å². The molecule has 0 bridgehead atoms. The molecule has 0 fully saturated rings. The summed E-state index contributed by atoms with van der Waals surface area (Å²) >= 11 is 0. The lowest BCUT2D eigenvalue weighted by atomic mass is 10.2. The van der Waals surface area contributed by atoms with Crippen molar-refractivity contribution in [3.8, 4) is 5.92 Å². The molecule has 0 heterocycles. The van der Waals surface area contributed by atoms with E-state index in [1.54, 1.807) is 0 Å². The summed E-state index contributed by atoms with van der Waals surface area (Å²) in [5.74, 6) is 2.22. The second kappa shape index (κ2) is 5.52. The Labute approximate surface area is 44.4 Å². The van der Waals surface area contributed by atoms with Crippen molar-refractivity contribution in [2.24, 2.45) is 0 Å². The molecule has 1 heteroatoms. The van der Waals surface area contributed by atoms with Crippen LogP contribution >= 0.6 is 0 Å². The fraction of sp³-hybridized carbons (Fsp3) is 0.500. The first kappa shape index (κ1) is 6.52. The Morgan fingerprint density at radius 2 is 2.43 bits per heavy atom. The molecular formula is C6H8O. The molecule has 38 valence electrons. The van der Waals surface area contributed by atoms with E-state index in [2.05, 4.69) is 5.92 Å². The van der Waals surface area contributed by atoms with Gasteiger partial charge in [0.1, 0.15) is 0 Å². The number of unbranched alkanes of at least 4 members (excludes halogenated alkanes) is 2. The number of aliphatic hydroxyl groups excluding tert-OH is 1. The van der Waals surface area contributed by atoms with Crippen LogP contribution in [0.2, 0.25) is 0 Å². The second-order valence-corrected chi connectivity index (χ2v) is 1.25. The number of aliphatic hydroxyl groups is 1. The van der Waals surface area contributed by atoms with Gasteiger partial charge in [-0.25, -0.2) is 0 Å². The Bertz CT molecular complexity index is 61.1. The maximum Gasteiger partial charge on any atom is 0.0799 e. The third kappa shape index (κ3) is 5.52. The van der Waals surface area contributed by atoms with Gasteiger partial charge in [0.05, 0.1) is 6.61 Å². The highest BCUT2D eigenvalue weighted by Gasteiger charge is 1.79. The highest BCUT2D eigenvalue weighted by molar-refractivity contribution is 4.74.